The standard InChI is InChI=1S/C26H19ClN6O/c27-19-10-12-21(13-11-19)33-25(18-8-6-17(7-9-18)23-14-15-29-32-23)31-24(22(16-28)26(33)34)30-20-4-2-1-3-5-20/h1-16,28,30H,(H,29,32). The van der Waals surface area contributed by atoms with Gasteiger partial charge in [-0.2, -0.15) is 5.10 Å². The van der Waals surface area contributed by atoms with Crippen LogP contribution >= 0.6 is 11.6 Å². The predicted molar refractivity (Wildman–Crippen MR) is 135 cm³/mol. The van der Waals surface area contributed by atoms with E-state index in [-0.39, 0.29) is 11.1 Å². The van der Waals surface area contributed by atoms with E-state index in [4.69, 9.17) is 22.0 Å². The Hall–Kier alpha value is -4.49. The minimum Gasteiger partial charge on any atom is -0.339 e. The van der Waals surface area contributed by atoms with E-state index in [0.29, 0.717) is 22.4 Å². The highest BCUT2D eigenvalue weighted by Gasteiger charge is 2.18. The first-order valence-corrected chi connectivity index (χ1v) is 10.9. The number of H-pyrrole nitrogens is 1. The minimum atomic E-state index is -0.363. The summed E-state index contributed by atoms with van der Waals surface area (Å²) in [6, 6.07) is 25.9. The second-order valence-electron chi connectivity index (χ2n) is 7.50. The van der Waals surface area contributed by atoms with E-state index >= 15 is 0 Å². The number of hydrogen-bond donors (Lipinski definition) is 3. The lowest BCUT2D eigenvalue weighted by Gasteiger charge is -2.17. The van der Waals surface area contributed by atoms with Crippen LogP contribution in [0.3, 0.4) is 0 Å². The van der Waals surface area contributed by atoms with Crippen molar-refractivity contribution in [2.24, 2.45) is 0 Å². The fourth-order valence-electron chi connectivity index (χ4n) is 3.66. The Bertz CT molecular complexity index is 1490. The SMILES string of the molecule is N=Cc1c(Nc2ccccc2)nc(-c2ccc(-c3ccn[nH]3)cc2)n(-c2ccc(Cl)cc2)c1=O. The van der Waals surface area contributed by atoms with Crippen LogP contribution in [0.2, 0.25) is 5.02 Å². The van der Waals surface area contributed by atoms with E-state index in [2.05, 4.69) is 15.5 Å². The molecule has 34 heavy (non-hydrogen) atoms. The van der Waals surface area contributed by atoms with Gasteiger partial charge in [0.2, 0.25) is 0 Å². The topological polar surface area (TPSA) is 99.4 Å². The number of nitrogens with zero attached hydrogens (tertiary/aromatic N) is 3. The Morgan fingerprint density at radius 1 is 0.912 bits per heavy atom. The van der Waals surface area contributed by atoms with E-state index in [1.54, 1.807) is 30.5 Å². The molecular formula is C26H19ClN6O. The summed E-state index contributed by atoms with van der Waals surface area (Å²) in [6.45, 7) is 0. The number of hydrogen-bond acceptors (Lipinski definition) is 5. The molecule has 0 amide bonds. The summed E-state index contributed by atoms with van der Waals surface area (Å²) >= 11 is 6.08. The first-order chi connectivity index (χ1) is 16.6. The van der Waals surface area contributed by atoms with Crippen LogP contribution in [0.5, 0.6) is 0 Å². The quantitative estimate of drug-likeness (QED) is 0.280. The van der Waals surface area contributed by atoms with Gasteiger partial charge in [0.25, 0.3) is 5.56 Å². The normalized spacial score (nSPS) is 10.7. The van der Waals surface area contributed by atoms with Crippen LogP contribution in [0.25, 0.3) is 28.3 Å². The van der Waals surface area contributed by atoms with Crippen molar-refractivity contribution in [3.05, 3.63) is 112 Å². The average Bonchev–Trinajstić information content (AvgIpc) is 3.41. The molecule has 2 aromatic heterocycles. The molecule has 0 aliphatic rings. The average molecular weight is 467 g/mol. The Labute approximate surface area is 200 Å². The molecule has 0 unspecified atom stereocenters. The third kappa shape index (κ3) is 4.12. The highest BCUT2D eigenvalue weighted by Crippen LogP contribution is 2.27. The number of benzene rings is 3. The van der Waals surface area contributed by atoms with Gasteiger partial charge in [-0.25, -0.2) is 4.98 Å². The molecule has 0 radical (unpaired) electrons. The number of aromatic amines is 1. The van der Waals surface area contributed by atoms with E-state index in [0.717, 1.165) is 28.7 Å². The lowest BCUT2D eigenvalue weighted by molar-refractivity contribution is 0.948. The van der Waals surface area contributed by atoms with Gasteiger partial charge in [0.05, 0.1) is 11.4 Å². The van der Waals surface area contributed by atoms with Crippen molar-refractivity contribution in [2.75, 3.05) is 5.32 Å². The maximum atomic E-state index is 13.6. The molecule has 0 saturated carbocycles. The summed E-state index contributed by atoms with van der Waals surface area (Å²) < 4.78 is 1.50. The van der Waals surface area contributed by atoms with E-state index in [1.807, 2.05) is 60.7 Å². The zero-order valence-electron chi connectivity index (χ0n) is 17.9. The summed E-state index contributed by atoms with van der Waals surface area (Å²) in [5.41, 5.74) is 3.74. The lowest BCUT2D eigenvalue weighted by Crippen LogP contribution is -2.26. The molecule has 0 atom stereocenters. The second-order valence-corrected chi connectivity index (χ2v) is 7.93. The second kappa shape index (κ2) is 9.17. The van der Waals surface area contributed by atoms with Crippen molar-refractivity contribution in [3.8, 4) is 28.3 Å². The van der Waals surface area contributed by atoms with Crippen LogP contribution in [0.1, 0.15) is 5.56 Å². The number of aromatic nitrogens is 4. The first-order valence-electron chi connectivity index (χ1n) is 10.5. The third-order valence-corrected chi connectivity index (χ3v) is 5.59. The maximum Gasteiger partial charge on any atom is 0.269 e. The van der Waals surface area contributed by atoms with Gasteiger partial charge < -0.3 is 10.7 Å². The number of rotatable bonds is 6. The van der Waals surface area contributed by atoms with Gasteiger partial charge in [0.1, 0.15) is 17.2 Å². The Morgan fingerprint density at radius 3 is 2.26 bits per heavy atom. The van der Waals surface area contributed by atoms with E-state index in [1.165, 1.54) is 4.57 Å². The summed E-state index contributed by atoms with van der Waals surface area (Å²) in [5.74, 6) is 0.747. The Kier molecular flexibility index (Phi) is 5.76. The van der Waals surface area contributed by atoms with E-state index in [9.17, 15) is 4.79 Å². The van der Waals surface area contributed by atoms with Gasteiger partial charge in [-0.15, -0.1) is 0 Å². The van der Waals surface area contributed by atoms with Crippen molar-refractivity contribution < 1.29 is 0 Å². The largest absolute Gasteiger partial charge is 0.339 e. The molecule has 0 bridgehead atoms. The van der Waals surface area contributed by atoms with Gasteiger partial charge in [-0.3, -0.25) is 14.5 Å². The van der Waals surface area contributed by atoms with Gasteiger partial charge in [0, 0.05) is 28.7 Å². The summed E-state index contributed by atoms with van der Waals surface area (Å²) in [6.07, 6.45) is 2.72. The predicted octanol–water partition coefficient (Wildman–Crippen LogP) is 5.68. The van der Waals surface area contributed by atoms with Crippen LogP contribution in [0.4, 0.5) is 11.5 Å². The molecule has 5 aromatic rings. The van der Waals surface area contributed by atoms with Gasteiger partial charge in [-0.05, 0) is 48.0 Å². The molecule has 2 heterocycles. The monoisotopic (exact) mass is 466 g/mol. The highest BCUT2D eigenvalue weighted by molar-refractivity contribution is 6.30. The smallest absolute Gasteiger partial charge is 0.269 e. The highest BCUT2D eigenvalue weighted by atomic mass is 35.5. The Balaban J connectivity index is 1.71. The van der Waals surface area contributed by atoms with Crippen LogP contribution in [-0.4, -0.2) is 26.0 Å². The van der Waals surface area contributed by atoms with Gasteiger partial charge >= 0.3 is 0 Å². The molecule has 0 aliphatic heterocycles. The van der Waals surface area contributed by atoms with Crippen LogP contribution in [0.15, 0.2) is 95.9 Å². The molecule has 166 valence electrons. The molecular weight excluding hydrogens is 448 g/mol. The fourth-order valence-corrected chi connectivity index (χ4v) is 3.78. The molecule has 0 fully saturated rings. The van der Waals surface area contributed by atoms with E-state index < -0.39 is 0 Å². The van der Waals surface area contributed by atoms with Crippen molar-refractivity contribution in [3.63, 3.8) is 0 Å². The lowest BCUT2D eigenvalue weighted by atomic mass is 10.1. The molecule has 3 aromatic carbocycles. The zero-order chi connectivity index (χ0) is 23.5. The molecule has 7 nitrogen and oxygen atoms in total. The molecule has 8 heteroatoms. The summed E-state index contributed by atoms with van der Waals surface area (Å²) in [4.78, 5) is 18.4. The number of nitrogens with one attached hydrogen (secondary N) is 3. The van der Waals surface area contributed by atoms with Crippen molar-refractivity contribution >= 4 is 29.3 Å². The number of anilines is 2. The minimum absolute atomic E-state index is 0.150. The van der Waals surface area contributed by atoms with Gasteiger partial charge in [0.15, 0.2) is 0 Å². The molecule has 3 N–H and O–H groups in total. The summed E-state index contributed by atoms with van der Waals surface area (Å²) in [5, 5.41) is 18.6. The van der Waals surface area contributed by atoms with Crippen LogP contribution in [0, 0.1) is 5.41 Å². The molecule has 0 saturated heterocycles. The van der Waals surface area contributed by atoms with Crippen molar-refractivity contribution in [2.45, 2.75) is 0 Å². The van der Waals surface area contributed by atoms with Crippen LogP contribution in [-0.2, 0) is 0 Å². The Morgan fingerprint density at radius 2 is 1.62 bits per heavy atom. The number of halogens is 1. The molecule has 0 spiro atoms. The molecule has 5 rings (SSSR count). The summed E-state index contributed by atoms with van der Waals surface area (Å²) in [7, 11) is 0. The van der Waals surface area contributed by atoms with Gasteiger partial charge in [-0.1, -0.05) is 54.1 Å². The van der Waals surface area contributed by atoms with Crippen molar-refractivity contribution in [1.82, 2.24) is 19.7 Å². The first kappa shape index (κ1) is 21.4. The third-order valence-electron chi connectivity index (χ3n) is 5.34. The number of para-hydroxylation sites is 1. The molecule has 0 aliphatic carbocycles. The fraction of sp³-hybridized carbons (Fsp3) is 0. The maximum absolute atomic E-state index is 13.6. The van der Waals surface area contributed by atoms with Crippen molar-refractivity contribution in [1.29, 1.82) is 5.41 Å². The zero-order valence-corrected chi connectivity index (χ0v) is 18.6. The van der Waals surface area contributed by atoms with Crippen LogP contribution < -0.4 is 10.9 Å².